The monoisotopic (exact) mass is 283 g/mol. The number of thiazole rings is 1. The smallest absolute Gasteiger partial charge is 0.273 e. The molecule has 5 nitrogen and oxygen atoms in total. The fraction of sp³-hybridized carbons (Fsp3) is 0.182. The minimum Gasteiger partial charge on any atom is -0.399 e. The number of hydrogen-bond acceptors (Lipinski definition) is 5. The third kappa shape index (κ3) is 2.62. The van der Waals surface area contributed by atoms with Crippen LogP contribution < -0.4 is 10.5 Å². The summed E-state index contributed by atoms with van der Waals surface area (Å²) in [6.07, 6.45) is 1.35. The SMILES string of the molecule is Cc1ncc(S(=O)(=O)Nc2ccc(N)c(C)c2)s1. The minimum absolute atomic E-state index is 0.203. The molecule has 0 amide bonds. The molecule has 96 valence electrons. The molecule has 7 heteroatoms. The lowest BCUT2D eigenvalue weighted by Crippen LogP contribution is -2.11. The van der Waals surface area contributed by atoms with Crippen LogP contribution in [-0.2, 0) is 10.0 Å². The molecule has 3 N–H and O–H groups in total. The van der Waals surface area contributed by atoms with Crippen LogP contribution in [0.4, 0.5) is 11.4 Å². The summed E-state index contributed by atoms with van der Waals surface area (Å²) in [4.78, 5) is 3.94. The summed E-state index contributed by atoms with van der Waals surface area (Å²) < 4.78 is 26.8. The van der Waals surface area contributed by atoms with Crippen LogP contribution in [0.3, 0.4) is 0 Å². The van der Waals surface area contributed by atoms with E-state index < -0.39 is 10.0 Å². The first-order chi connectivity index (χ1) is 8.38. The van der Waals surface area contributed by atoms with E-state index in [1.54, 1.807) is 25.1 Å². The Labute approximate surface area is 110 Å². The average molecular weight is 283 g/mol. The van der Waals surface area contributed by atoms with Crippen LogP contribution >= 0.6 is 11.3 Å². The van der Waals surface area contributed by atoms with Crippen LogP contribution in [0.2, 0.25) is 0 Å². The third-order valence-electron chi connectivity index (χ3n) is 2.39. The second-order valence-electron chi connectivity index (χ2n) is 3.88. The second kappa shape index (κ2) is 4.58. The number of anilines is 2. The van der Waals surface area contributed by atoms with Crippen LogP contribution in [0.15, 0.2) is 28.6 Å². The molecule has 1 heterocycles. The highest BCUT2D eigenvalue weighted by Gasteiger charge is 2.17. The van der Waals surface area contributed by atoms with Crippen LogP contribution in [0, 0.1) is 13.8 Å². The van der Waals surface area contributed by atoms with E-state index in [0.29, 0.717) is 16.4 Å². The standard InChI is InChI=1S/C11H13N3O2S2/c1-7-5-9(3-4-10(7)12)14-18(15,16)11-6-13-8(2)17-11/h3-6,14H,12H2,1-2H3. The van der Waals surface area contributed by atoms with Crippen molar-refractivity contribution in [2.45, 2.75) is 18.1 Å². The van der Waals surface area contributed by atoms with Gasteiger partial charge in [-0.2, -0.15) is 0 Å². The van der Waals surface area contributed by atoms with Gasteiger partial charge in [-0.1, -0.05) is 0 Å². The number of nitrogen functional groups attached to an aromatic ring is 1. The van der Waals surface area contributed by atoms with Crippen molar-refractivity contribution >= 4 is 32.7 Å². The molecule has 2 aromatic rings. The number of rotatable bonds is 3. The van der Waals surface area contributed by atoms with Crippen molar-refractivity contribution in [3.63, 3.8) is 0 Å². The van der Waals surface area contributed by atoms with Crippen LogP contribution in [0.5, 0.6) is 0 Å². The van der Waals surface area contributed by atoms with Gasteiger partial charge in [-0.05, 0) is 37.6 Å². The van der Waals surface area contributed by atoms with Crippen molar-refractivity contribution in [2.24, 2.45) is 0 Å². The Morgan fingerprint density at radius 1 is 1.33 bits per heavy atom. The molecule has 0 saturated carbocycles. The highest BCUT2D eigenvalue weighted by atomic mass is 32.2. The summed E-state index contributed by atoms with van der Waals surface area (Å²) >= 11 is 1.14. The maximum Gasteiger partial charge on any atom is 0.273 e. The largest absolute Gasteiger partial charge is 0.399 e. The Hall–Kier alpha value is -1.60. The summed E-state index contributed by atoms with van der Waals surface area (Å²) in [5.74, 6) is 0. The molecule has 18 heavy (non-hydrogen) atoms. The molecular weight excluding hydrogens is 270 g/mol. The fourth-order valence-corrected chi connectivity index (χ4v) is 3.57. The van der Waals surface area contributed by atoms with Crippen molar-refractivity contribution in [3.8, 4) is 0 Å². The lowest BCUT2D eigenvalue weighted by atomic mass is 10.2. The number of nitrogens with one attached hydrogen (secondary N) is 1. The number of benzene rings is 1. The molecule has 0 unspecified atom stereocenters. The van der Waals surface area contributed by atoms with Gasteiger partial charge >= 0.3 is 0 Å². The highest BCUT2D eigenvalue weighted by molar-refractivity contribution is 7.94. The zero-order valence-corrected chi connectivity index (χ0v) is 11.6. The number of sulfonamides is 1. The van der Waals surface area contributed by atoms with E-state index in [2.05, 4.69) is 9.71 Å². The predicted octanol–water partition coefficient (Wildman–Crippen LogP) is 2.14. The van der Waals surface area contributed by atoms with Gasteiger partial charge in [-0.3, -0.25) is 4.72 Å². The van der Waals surface area contributed by atoms with Gasteiger partial charge < -0.3 is 5.73 Å². The quantitative estimate of drug-likeness (QED) is 0.845. The second-order valence-corrected chi connectivity index (χ2v) is 7.02. The Balaban J connectivity index is 2.30. The molecular formula is C11H13N3O2S2. The Bertz CT molecular complexity index is 677. The molecule has 0 aliphatic rings. The number of nitrogens with zero attached hydrogens (tertiary/aromatic N) is 1. The molecule has 1 aromatic heterocycles. The van der Waals surface area contributed by atoms with Gasteiger partial charge in [-0.25, -0.2) is 13.4 Å². The predicted molar refractivity (Wildman–Crippen MR) is 73.3 cm³/mol. The van der Waals surface area contributed by atoms with E-state index in [0.717, 1.165) is 16.9 Å². The molecule has 2 rings (SSSR count). The maximum absolute atomic E-state index is 12.0. The van der Waals surface area contributed by atoms with Crippen molar-refractivity contribution in [1.82, 2.24) is 4.98 Å². The van der Waals surface area contributed by atoms with Crippen molar-refractivity contribution in [3.05, 3.63) is 35.0 Å². The van der Waals surface area contributed by atoms with Gasteiger partial charge in [0.1, 0.15) is 0 Å². The zero-order chi connectivity index (χ0) is 13.3. The molecule has 0 bridgehead atoms. The van der Waals surface area contributed by atoms with E-state index in [1.807, 2.05) is 6.92 Å². The maximum atomic E-state index is 12.0. The number of aryl methyl sites for hydroxylation is 2. The van der Waals surface area contributed by atoms with Crippen LogP contribution in [-0.4, -0.2) is 13.4 Å². The van der Waals surface area contributed by atoms with Crippen LogP contribution in [0.1, 0.15) is 10.6 Å². The summed E-state index contributed by atoms with van der Waals surface area (Å²) in [7, 11) is -3.56. The van der Waals surface area contributed by atoms with Gasteiger partial charge in [-0.15, -0.1) is 11.3 Å². The molecule has 0 aliphatic heterocycles. The Kier molecular flexibility index (Phi) is 3.27. The Morgan fingerprint density at radius 3 is 2.61 bits per heavy atom. The molecule has 0 spiro atoms. The first-order valence-electron chi connectivity index (χ1n) is 5.20. The van der Waals surface area contributed by atoms with E-state index in [4.69, 9.17) is 5.73 Å². The first kappa shape index (κ1) is 12.8. The van der Waals surface area contributed by atoms with Crippen molar-refractivity contribution < 1.29 is 8.42 Å². The number of nitrogens with two attached hydrogens (primary N) is 1. The third-order valence-corrected chi connectivity index (χ3v) is 5.14. The molecule has 0 saturated heterocycles. The average Bonchev–Trinajstić information content (AvgIpc) is 2.71. The van der Waals surface area contributed by atoms with E-state index in [1.165, 1.54) is 6.20 Å². The lowest BCUT2D eigenvalue weighted by Gasteiger charge is -2.07. The highest BCUT2D eigenvalue weighted by Crippen LogP contribution is 2.23. The normalized spacial score (nSPS) is 11.4. The summed E-state index contributed by atoms with van der Waals surface area (Å²) in [6, 6.07) is 5.00. The molecule has 0 aliphatic carbocycles. The summed E-state index contributed by atoms with van der Waals surface area (Å²) in [6.45, 7) is 3.58. The molecule has 0 fully saturated rings. The first-order valence-corrected chi connectivity index (χ1v) is 7.50. The zero-order valence-electron chi connectivity index (χ0n) is 9.97. The fourth-order valence-electron chi connectivity index (χ4n) is 1.41. The van der Waals surface area contributed by atoms with E-state index >= 15 is 0 Å². The van der Waals surface area contributed by atoms with Crippen molar-refractivity contribution in [2.75, 3.05) is 10.5 Å². The van der Waals surface area contributed by atoms with Gasteiger partial charge in [0.05, 0.1) is 11.2 Å². The van der Waals surface area contributed by atoms with Crippen LogP contribution in [0.25, 0.3) is 0 Å². The van der Waals surface area contributed by atoms with Crippen molar-refractivity contribution in [1.29, 1.82) is 0 Å². The van der Waals surface area contributed by atoms with Gasteiger partial charge in [0.25, 0.3) is 10.0 Å². The number of aromatic nitrogens is 1. The van der Waals surface area contributed by atoms with E-state index in [-0.39, 0.29) is 4.21 Å². The topological polar surface area (TPSA) is 85.1 Å². The van der Waals surface area contributed by atoms with E-state index in [9.17, 15) is 8.42 Å². The number of hydrogen-bond donors (Lipinski definition) is 2. The Morgan fingerprint density at radius 2 is 2.06 bits per heavy atom. The lowest BCUT2D eigenvalue weighted by molar-refractivity contribution is 0.603. The van der Waals surface area contributed by atoms with Gasteiger partial charge in [0.2, 0.25) is 0 Å². The summed E-state index contributed by atoms with van der Waals surface area (Å²) in [5, 5.41) is 0.712. The van der Waals surface area contributed by atoms with Gasteiger partial charge in [0, 0.05) is 11.4 Å². The molecule has 0 radical (unpaired) electrons. The minimum atomic E-state index is -3.56. The summed E-state index contributed by atoms with van der Waals surface area (Å²) in [5.41, 5.74) is 7.64. The molecule has 1 aromatic carbocycles. The molecule has 0 atom stereocenters. The van der Waals surface area contributed by atoms with Gasteiger partial charge in [0.15, 0.2) is 4.21 Å².